The highest BCUT2D eigenvalue weighted by Crippen LogP contribution is 2.22. The molecule has 0 aromatic heterocycles. The zero-order chi connectivity index (χ0) is 15.7. The second-order valence-corrected chi connectivity index (χ2v) is 7.54. The van der Waals surface area contributed by atoms with Crippen molar-refractivity contribution in [3.63, 3.8) is 0 Å². The Hall–Kier alpha value is -1.89. The van der Waals surface area contributed by atoms with E-state index in [1.54, 1.807) is 20.8 Å². The van der Waals surface area contributed by atoms with E-state index < -0.39 is 21.2 Å². The van der Waals surface area contributed by atoms with Gasteiger partial charge in [0.15, 0.2) is 9.84 Å². The van der Waals surface area contributed by atoms with E-state index in [4.69, 9.17) is 5.11 Å². The van der Waals surface area contributed by atoms with Crippen LogP contribution in [-0.2, 0) is 14.6 Å². The van der Waals surface area contributed by atoms with Crippen molar-refractivity contribution in [1.29, 1.82) is 0 Å². The van der Waals surface area contributed by atoms with E-state index in [9.17, 15) is 18.0 Å². The molecular weight excluding hydrogens is 282 g/mol. The summed E-state index contributed by atoms with van der Waals surface area (Å²) >= 11 is 0. The number of anilines is 1. The lowest BCUT2D eigenvalue weighted by molar-refractivity contribution is -0.123. The summed E-state index contributed by atoms with van der Waals surface area (Å²) in [4.78, 5) is 22.7. The third-order valence-corrected chi connectivity index (χ3v) is 3.61. The number of benzene rings is 1. The summed E-state index contributed by atoms with van der Waals surface area (Å²) in [7, 11) is -3.57. The molecule has 20 heavy (non-hydrogen) atoms. The first-order valence-corrected chi connectivity index (χ1v) is 7.70. The van der Waals surface area contributed by atoms with Crippen molar-refractivity contribution >= 4 is 27.4 Å². The largest absolute Gasteiger partial charge is 0.478 e. The molecular formula is C13H17NO5S. The van der Waals surface area contributed by atoms with Crippen LogP contribution < -0.4 is 5.32 Å². The summed E-state index contributed by atoms with van der Waals surface area (Å²) in [6.07, 6.45) is 0.976. The summed E-state index contributed by atoms with van der Waals surface area (Å²) < 4.78 is 23.1. The van der Waals surface area contributed by atoms with Crippen LogP contribution in [0.2, 0.25) is 0 Å². The minimum Gasteiger partial charge on any atom is -0.478 e. The van der Waals surface area contributed by atoms with Crippen LogP contribution in [0.25, 0.3) is 0 Å². The number of hydrogen-bond donors (Lipinski definition) is 2. The lowest BCUT2D eigenvalue weighted by Crippen LogP contribution is -2.27. The normalized spacial score (nSPS) is 12.0. The van der Waals surface area contributed by atoms with Gasteiger partial charge < -0.3 is 10.4 Å². The highest BCUT2D eigenvalue weighted by Gasteiger charge is 2.22. The van der Waals surface area contributed by atoms with Gasteiger partial charge in [-0.15, -0.1) is 0 Å². The van der Waals surface area contributed by atoms with E-state index in [0.717, 1.165) is 12.3 Å². The third kappa shape index (κ3) is 4.06. The Morgan fingerprint density at radius 1 is 1.15 bits per heavy atom. The van der Waals surface area contributed by atoms with Crippen LogP contribution in [-0.4, -0.2) is 31.7 Å². The van der Waals surface area contributed by atoms with Crippen LogP contribution in [0.15, 0.2) is 23.1 Å². The Kier molecular flexibility index (Phi) is 4.24. The summed E-state index contributed by atoms with van der Waals surface area (Å²) in [5.41, 5.74) is -0.729. The highest BCUT2D eigenvalue weighted by atomic mass is 32.2. The molecule has 0 spiro atoms. The van der Waals surface area contributed by atoms with Gasteiger partial charge in [0.05, 0.1) is 10.5 Å². The number of carbonyl (C=O) groups excluding carboxylic acids is 1. The van der Waals surface area contributed by atoms with Crippen molar-refractivity contribution in [2.75, 3.05) is 11.6 Å². The van der Waals surface area contributed by atoms with Gasteiger partial charge in [-0.3, -0.25) is 4.79 Å². The topological polar surface area (TPSA) is 101 Å². The molecule has 0 heterocycles. The Morgan fingerprint density at radius 3 is 2.10 bits per heavy atom. The fourth-order valence-electron chi connectivity index (χ4n) is 1.33. The van der Waals surface area contributed by atoms with E-state index in [2.05, 4.69) is 5.32 Å². The smallest absolute Gasteiger partial charge is 0.335 e. The van der Waals surface area contributed by atoms with Gasteiger partial charge in [-0.1, -0.05) is 20.8 Å². The number of rotatable bonds is 3. The van der Waals surface area contributed by atoms with E-state index >= 15 is 0 Å². The lowest BCUT2D eigenvalue weighted by atomic mass is 9.95. The number of nitrogens with one attached hydrogen (secondary N) is 1. The first-order valence-electron chi connectivity index (χ1n) is 5.81. The Balaban J connectivity index is 3.31. The first-order chi connectivity index (χ1) is 8.91. The molecule has 0 aliphatic carbocycles. The fourth-order valence-corrected chi connectivity index (χ4v) is 2.01. The summed E-state index contributed by atoms with van der Waals surface area (Å²) in [5, 5.41) is 11.5. The minimum atomic E-state index is -3.57. The van der Waals surface area contributed by atoms with E-state index in [-0.39, 0.29) is 22.1 Å². The van der Waals surface area contributed by atoms with Crippen LogP contribution >= 0.6 is 0 Å². The van der Waals surface area contributed by atoms with Gasteiger partial charge in [-0.2, -0.15) is 0 Å². The molecule has 0 radical (unpaired) electrons. The van der Waals surface area contributed by atoms with Crippen molar-refractivity contribution in [3.8, 4) is 0 Å². The van der Waals surface area contributed by atoms with Crippen LogP contribution in [0.3, 0.4) is 0 Å². The maximum absolute atomic E-state index is 11.9. The van der Waals surface area contributed by atoms with Crippen molar-refractivity contribution in [1.82, 2.24) is 0 Å². The molecule has 2 N–H and O–H groups in total. The number of carboxylic acids is 1. The van der Waals surface area contributed by atoms with E-state index in [0.29, 0.717) is 0 Å². The van der Waals surface area contributed by atoms with Crippen molar-refractivity contribution in [3.05, 3.63) is 23.8 Å². The van der Waals surface area contributed by atoms with Crippen molar-refractivity contribution in [2.24, 2.45) is 5.41 Å². The Labute approximate surface area is 117 Å². The van der Waals surface area contributed by atoms with Gasteiger partial charge in [0.1, 0.15) is 0 Å². The van der Waals surface area contributed by atoms with Gasteiger partial charge in [0.25, 0.3) is 0 Å². The molecule has 1 amide bonds. The molecule has 0 fully saturated rings. The van der Waals surface area contributed by atoms with Crippen molar-refractivity contribution < 1.29 is 23.1 Å². The molecule has 0 aliphatic heterocycles. The van der Waals surface area contributed by atoms with Crippen molar-refractivity contribution in [2.45, 2.75) is 25.7 Å². The molecule has 0 saturated carbocycles. The molecule has 1 aromatic carbocycles. The summed E-state index contributed by atoms with van der Waals surface area (Å²) in [5.74, 6) is -1.60. The minimum absolute atomic E-state index is 0.144. The fraction of sp³-hybridized carbons (Fsp3) is 0.385. The van der Waals surface area contributed by atoms with Crippen LogP contribution in [0.5, 0.6) is 0 Å². The monoisotopic (exact) mass is 299 g/mol. The Bertz CT molecular complexity index is 656. The number of amides is 1. The summed E-state index contributed by atoms with van der Waals surface area (Å²) in [6, 6.07) is 3.52. The highest BCUT2D eigenvalue weighted by molar-refractivity contribution is 7.90. The maximum atomic E-state index is 11.9. The number of sulfone groups is 1. The van der Waals surface area contributed by atoms with Gasteiger partial charge in [-0.05, 0) is 18.2 Å². The molecule has 0 bridgehead atoms. The maximum Gasteiger partial charge on any atom is 0.335 e. The molecule has 0 atom stereocenters. The molecule has 1 aromatic rings. The summed E-state index contributed by atoms with van der Waals surface area (Å²) in [6.45, 7) is 5.09. The predicted octanol–water partition coefficient (Wildman–Crippen LogP) is 1.77. The average molecular weight is 299 g/mol. The van der Waals surface area contributed by atoms with Crippen LogP contribution in [0.1, 0.15) is 31.1 Å². The third-order valence-electron chi connectivity index (χ3n) is 2.52. The number of carbonyl (C=O) groups is 2. The molecule has 0 saturated heterocycles. The predicted molar refractivity (Wildman–Crippen MR) is 74.6 cm³/mol. The van der Waals surface area contributed by atoms with Crippen LogP contribution in [0, 0.1) is 5.41 Å². The quantitative estimate of drug-likeness (QED) is 0.886. The van der Waals surface area contributed by atoms with Gasteiger partial charge in [0.2, 0.25) is 5.91 Å². The zero-order valence-electron chi connectivity index (χ0n) is 11.7. The molecule has 6 nitrogen and oxygen atoms in total. The van der Waals surface area contributed by atoms with Crippen LogP contribution in [0.4, 0.5) is 5.69 Å². The SMILES string of the molecule is CC(C)(C)C(=O)Nc1cc(C(=O)O)cc(S(C)(=O)=O)c1. The second-order valence-electron chi connectivity index (χ2n) is 5.53. The molecule has 7 heteroatoms. The van der Waals surface area contributed by atoms with Gasteiger partial charge >= 0.3 is 5.97 Å². The molecule has 0 unspecified atom stereocenters. The van der Waals surface area contributed by atoms with Gasteiger partial charge in [-0.25, -0.2) is 13.2 Å². The van der Waals surface area contributed by atoms with Gasteiger partial charge in [0, 0.05) is 17.4 Å². The average Bonchev–Trinajstić information content (AvgIpc) is 2.25. The first kappa shape index (κ1) is 16.2. The standard InChI is InChI=1S/C13H17NO5S/c1-13(2,3)12(17)14-9-5-8(11(15)16)6-10(7-9)20(4,18)19/h5-7H,1-4H3,(H,14,17)(H,15,16). The number of aromatic carboxylic acids is 1. The Morgan fingerprint density at radius 2 is 1.70 bits per heavy atom. The molecule has 0 aliphatic rings. The number of hydrogen-bond acceptors (Lipinski definition) is 4. The molecule has 1 rings (SSSR count). The lowest BCUT2D eigenvalue weighted by Gasteiger charge is -2.18. The number of carboxylic acid groups (broad SMARTS) is 1. The molecule has 110 valence electrons. The zero-order valence-corrected chi connectivity index (χ0v) is 12.5. The second kappa shape index (κ2) is 5.24. The van der Waals surface area contributed by atoms with E-state index in [1.807, 2.05) is 0 Å². The van der Waals surface area contributed by atoms with E-state index in [1.165, 1.54) is 12.1 Å².